The van der Waals surface area contributed by atoms with Gasteiger partial charge in [-0.05, 0) is 60.9 Å². The average Bonchev–Trinajstić information content (AvgIpc) is 3.00. The predicted octanol–water partition coefficient (Wildman–Crippen LogP) is 3.66. The fraction of sp³-hybridized carbons (Fsp3) is 0.355. The van der Waals surface area contributed by atoms with Crippen molar-refractivity contribution < 1.29 is 28.6 Å². The van der Waals surface area contributed by atoms with Crippen LogP contribution in [0.3, 0.4) is 0 Å². The minimum absolute atomic E-state index is 0.100. The van der Waals surface area contributed by atoms with Crippen LogP contribution in [0.25, 0.3) is 0 Å². The van der Waals surface area contributed by atoms with Gasteiger partial charge in [-0.1, -0.05) is 19.1 Å². The van der Waals surface area contributed by atoms with E-state index in [-0.39, 0.29) is 36.9 Å². The summed E-state index contributed by atoms with van der Waals surface area (Å²) < 4.78 is 18.0. The summed E-state index contributed by atoms with van der Waals surface area (Å²) in [7, 11) is 1.54. The number of methoxy groups -OCH3 is 1. The predicted molar refractivity (Wildman–Crippen MR) is 151 cm³/mol. The van der Waals surface area contributed by atoms with Crippen LogP contribution in [0.1, 0.15) is 46.0 Å². The Morgan fingerprint density at radius 3 is 2.73 bits per heavy atom. The van der Waals surface area contributed by atoms with Crippen molar-refractivity contribution in [3.63, 3.8) is 0 Å². The quantitative estimate of drug-likeness (QED) is 0.520. The second-order valence-electron chi connectivity index (χ2n) is 10.1. The van der Waals surface area contributed by atoms with E-state index in [0.29, 0.717) is 60.9 Å². The molecule has 3 heterocycles. The number of piperidine rings is 1. The van der Waals surface area contributed by atoms with Crippen LogP contribution in [-0.2, 0) is 16.1 Å². The number of hydrogen-bond donors (Lipinski definition) is 1. The highest BCUT2D eigenvalue weighted by Crippen LogP contribution is 2.33. The smallest absolute Gasteiger partial charge is 0.254 e. The van der Waals surface area contributed by atoms with Gasteiger partial charge in [0.05, 0.1) is 32.4 Å². The van der Waals surface area contributed by atoms with Crippen LogP contribution in [0.4, 0.5) is 0 Å². The highest BCUT2D eigenvalue weighted by atomic mass is 16.5. The molecule has 2 atom stereocenters. The van der Waals surface area contributed by atoms with E-state index in [0.717, 1.165) is 5.56 Å². The Morgan fingerprint density at radius 1 is 1.12 bits per heavy atom. The summed E-state index contributed by atoms with van der Waals surface area (Å²) in [6.07, 6.45) is 3.92. The van der Waals surface area contributed by atoms with E-state index in [4.69, 9.17) is 14.2 Å². The van der Waals surface area contributed by atoms with Crippen molar-refractivity contribution in [3.8, 4) is 17.2 Å². The molecule has 2 aromatic carbocycles. The van der Waals surface area contributed by atoms with E-state index in [2.05, 4.69) is 10.3 Å². The van der Waals surface area contributed by atoms with Crippen LogP contribution in [0.5, 0.6) is 17.2 Å². The highest BCUT2D eigenvalue weighted by Gasteiger charge is 2.34. The summed E-state index contributed by atoms with van der Waals surface area (Å²) in [5.74, 6) is 0.766. The van der Waals surface area contributed by atoms with E-state index >= 15 is 0 Å². The molecule has 4 bridgehead atoms. The maximum Gasteiger partial charge on any atom is 0.254 e. The van der Waals surface area contributed by atoms with Crippen molar-refractivity contribution in [1.82, 2.24) is 20.1 Å². The van der Waals surface area contributed by atoms with Crippen LogP contribution in [0, 0.1) is 0 Å². The van der Waals surface area contributed by atoms with Gasteiger partial charge < -0.3 is 29.3 Å². The van der Waals surface area contributed by atoms with Crippen molar-refractivity contribution in [2.45, 2.75) is 38.5 Å². The average molecular weight is 559 g/mol. The van der Waals surface area contributed by atoms with Gasteiger partial charge in [-0.2, -0.15) is 0 Å². The lowest BCUT2D eigenvalue weighted by Crippen LogP contribution is -2.57. The van der Waals surface area contributed by atoms with E-state index < -0.39 is 6.10 Å². The Labute approximate surface area is 239 Å². The van der Waals surface area contributed by atoms with Crippen molar-refractivity contribution in [2.24, 2.45) is 0 Å². The Balaban J connectivity index is 1.45. The van der Waals surface area contributed by atoms with Crippen LogP contribution in [-0.4, -0.2) is 77.9 Å². The molecule has 2 aliphatic rings. The summed E-state index contributed by atoms with van der Waals surface area (Å²) >= 11 is 0. The molecule has 0 saturated carbocycles. The first-order valence-corrected chi connectivity index (χ1v) is 13.8. The summed E-state index contributed by atoms with van der Waals surface area (Å²) in [4.78, 5) is 47.3. The van der Waals surface area contributed by atoms with Crippen LogP contribution in [0.15, 0.2) is 67.0 Å². The zero-order chi connectivity index (χ0) is 28.8. The van der Waals surface area contributed by atoms with Gasteiger partial charge in [0.15, 0.2) is 11.5 Å². The van der Waals surface area contributed by atoms with Gasteiger partial charge in [-0.25, -0.2) is 0 Å². The molecule has 5 rings (SSSR count). The minimum Gasteiger partial charge on any atom is -0.493 e. The first-order chi connectivity index (χ1) is 19.9. The number of benzene rings is 2. The number of likely N-dealkylation sites (tertiary alicyclic amines) is 1. The lowest BCUT2D eigenvalue weighted by Gasteiger charge is -2.39. The number of nitrogens with zero attached hydrogens (tertiary/aromatic N) is 3. The molecule has 0 aliphatic carbocycles. The number of rotatable bonds is 4. The SMILES string of the molecule is CCCN1CC(=O)N[C@H]2CCN(C(=O)c3ccncc3)C[C@@H]2OCc2cccc(c2)Oc2cc(ccc2OC)C1=O. The second-order valence-corrected chi connectivity index (χ2v) is 10.1. The standard InChI is InChI=1S/C31H34N4O6/c1-3-14-34-19-29(36)33-25-11-15-35(30(37)22-9-12-32-13-10-22)18-28(25)40-20-21-5-4-6-24(16-21)41-27-17-23(31(34)38)7-8-26(27)39-2/h4-10,12-13,16-17,25,28H,3,11,14-15,18-20H2,1-2H3,(H,33,36)/t25-,28-/m0/s1. The number of amides is 3. The van der Waals surface area contributed by atoms with Crippen molar-refractivity contribution in [1.29, 1.82) is 0 Å². The normalized spacial score (nSPS) is 19.6. The number of carbonyl (C=O) groups is 3. The fourth-order valence-corrected chi connectivity index (χ4v) is 5.16. The topological polar surface area (TPSA) is 110 Å². The first-order valence-electron chi connectivity index (χ1n) is 13.8. The molecule has 3 aromatic rings. The number of nitrogens with one attached hydrogen (secondary N) is 1. The van der Waals surface area contributed by atoms with Gasteiger partial charge in [-0.15, -0.1) is 0 Å². The molecule has 10 heteroatoms. The lowest BCUT2D eigenvalue weighted by atomic mass is 10.00. The van der Waals surface area contributed by atoms with Gasteiger partial charge in [0.25, 0.3) is 11.8 Å². The largest absolute Gasteiger partial charge is 0.493 e. The number of carbonyl (C=O) groups excluding carboxylic acids is 3. The zero-order valence-corrected chi connectivity index (χ0v) is 23.2. The molecule has 2 aliphatic heterocycles. The number of hydrogen-bond acceptors (Lipinski definition) is 7. The van der Waals surface area contributed by atoms with Crippen LogP contribution < -0.4 is 14.8 Å². The van der Waals surface area contributed by atoms with Gasteiger partial charge in [0.2, 0.25) is 5.91 Å². The summed E-state index contributed by atoms with van der Waals surface area (Å²) in [6.45, 7) is 3.29. The molecular formula is C31H34N4O6. The minimum atomic E-state index is -0.459. The molecule has 0 unspecified atom stereocenters. The number of fused-ring (bicyclic) bond motifs is 5. The summed E-state index contributed by atoms with van der Waals surface area (Å²) in [5.41, 5.74) is 1.81. The zero-order valence-electron chi connectivity index (χ0n) is 23.2. The monoisotopic (exact) mass is 558 g/mol. The maximum absolute atomic E-state index is 13.5. The lowest BCUT2D eigenvalue weighted by molar-refractivity contribution is -0.124. The molecule has 214 valence electrons. The van der Waals surface area contributed by atoms with Crippen molar-refractivity contribution in [2.75, 3.05) is 33.3 Å². The molecule has 0 radical (unpaired) electrons. The van der Waals surface area contributed by atoms with Gasteiger partial charge in [-0.3, -0.25) is 19.4 Å². The maximum atomic E-state index is 13.5. The third-order valence-electron chi connectivity index (χ3n) is 7.24. The fourth-order valence-electron chi connectivity index (χ4n) is 5.16. The van der Waals surface area contributed by atoms with Crippen LogP contribution in [0.2, 0.25) is 0 Å². The molecule has 1 N–H and O–H groups in total. The Morgan fingerprint density at radius 2 is 1.95 bits per heavy atom. The molecule has 10 nitrogen and oxygen atoms in total. The molecule has 1 fully saturated rings. The van der Waals surface area contributed by atoms with E-state index in [9.17, 15) is 14.4 Å². The third-order valence-corrected chi connectivity index (χ3v) is 7.24. The van der Waals surface area contributed by atoms with Crippen molar-refractivity contribution >= 4 is 17.7 Å². The number of aromatic nitrogens is 1. The highest BCUT2D eigenvalue weighted by molar-refractivity contribution is 5.97. The second kappa shape index (κ2) is 12.8. The number of ether oxygens (including phenoxy) is 3. The van der Waals surface area contributed by atoms with E-state index in [1.165, 1.54) is 12.0 Å². The summed E-state index contributed by atoms with van der Waals surface area (Å²) in [5, 5.41) is 3.09. The molecule has 41 heavy (non-hydrogen) atoms. The molecule has 1 aromatic heterocycles. The third kappa shape index (κ3) is 6.66. The van der Waals surface area contributed by atoms with Gasteiger partial charge in [0.1, 0.15) is 5.75 Å². The van der Waals surface area contributed by atoms with Gasteiger partial charge >= 0.3 is 0 Å². The first kappa shape index (κ1) is 28.1. The Hall–Kier alpha value is -4.44. The Kier molecular flexibility index (Phi) is 8.79. The summed E-state index contributed by atoms with van der Waals surface area (Å²) in [6, 6.07) is 15.5. The van der Waals surface area contributed by atoms with Gasteiger partial charge in [0, 0.05) is 43.2 Å². The van der Waals surface area contributed by atoms with Crippen molar-refractivity contribution in [3.05, 3.63) is 83.7 Å². The molecule has 0 spiro atoms. The van der Waals surface area contributed by atoms with E-state index in [1.807, 2.05) is 31.2 Å². The van der Waals surface area contributed by atoms with E-state index in [1.54, 1.807) is 47.6 Å². The molecular weight excluding hydrogens is 524 g/mol. The Bertz CT molecular complexity index is 1400. The van der Waals surface area contributed by atoms with Crippen LogP contribution >= 0.6 is 0 Å². The number of pyridine rings is 1. The molecule has 1 saturated heterocycles. The molecule has 3 amide bonds.